The molecule has 0 fully saturated rings. The summed E-state index contributed by atoms with van der Waals surface area (Å²) in [7, 11) is -1.87. The van der Waals surface area contributed by atoms with Crippen LogP contribution in [-0.2, 0) is 27.8 Å². The first-order chi connectivity index (χ1) is 9.75. The van der Waals surface area contributed by atoms with Crippen molar-refractivity contribution in [1.29, 1.82) is 0 Å². The summed E-state index contributed by atoms with van der Waals surface area (Å²) >= 11 is 0. The van der Waals surface area contributed by atoms with E-state index in [2.05, 4.69) is 4.72 Å². The van der Waals surface area contributed by atoms with Crippen molar-refractivity contribution < 1.29 is 13.2 Å². The van der Waals surface area contributed by atoms with E-state index in [1.54, 1.807) is 19.4 Å². The highest BCUT2D eigenvalue weighted by molar-refractivity contribution is 7.89. The summed E-state index contributed by atoms with van der Waals surface area (Å²) in [6, 6.07) is 1.63. The molecule has 0 aliphatic heterocycles. The molecule has 0 aliphatic rings. The number of aryl methyl sites for hydroxylation is 1. The van der Waals surface area contributed by atoms with Crippen LogP contribution in [0.4, 0.5) is 0 Å². The number of nitrogens with zero attached hydrogens (tertiary/aromatic N) is 1. The van der Waals surface area contributed by atoms with Crippen LogP contribution in [-0.4, -0.2) is 33.2 Å². The van der Waals surface area contributed by atoms with Gasteiger partial charge in [-0.25, -0.2) is 13.1 Å². The second-order valence-electron chi connectivity index (χ2n) is 5.89. The number of aromatic nitrogens is 1. The Morgan fingerprint density at radius 2 is 2.10 bits per heavy atom. The van der Waals surface area contributed by atoms with Crippen LogP contribution in [0.5, 0.6) is 0 Å². The minimum absolute atomic E-state index is 0.160. The van der Waals surface area contributed by atoms with E-state index < -0.39 is 10.0 Å². The minimum atomic E-state index is -3.51. The number of methoxy groups -OCH3 is 1. The number of ether oxygens (including phenoxy) is 1. The van der Waals surface area contributed by atoms with Gasteiger partial charge in [-0.2, -0.15) is 0 Å². The maximum Gasteiger partial charge on any atom is 0.242 e. The average Bonchev–Trinajstić information content (AvgIpc) is 2.87. The number of rotatable bonds is 9. The lowest BCUT2D eigenvalue weighted by Gasteiger charge is -2.24. The molecule has 0 radical (unpaired) electrons. The van der Waals surface area contributed by atoms with Gasteiger partial charge in [-0.3, -0.25) is 0 Å². The molecular formula is C14H27N3O3S. The molecule has 1 heterocycles. The Balaban J connectivity index is 2.80. The van der Waals surface area contributed by atoms with Gasteiger partial charge in [0, 0.05) is 45.2 Å². The number of nitrogens with two attached hydrogens (primary N) is 1. The Bertz CT molecular complexity index is 528. The van der Waals surface area contributed by atoms with Crippen LogP contribution in [0.15, 0.2) is 17.2 Å². The zero-order valence-corrected chi connectivity index (χ0v) is 14.2. The van der Waals surface area contributed by atoms with Crippen molar-refractivity contribution >= 4 is 10.0 Å². The predicted octanol–water partition coefficient (Wildman–Crippen LogP) is 1.31. The minimum Gasteiger partial charge on any atom is -0.385 e. The standard InChI is InChI=1S/C14H27N3O3S/c1-5-17-10-13(8-12(17)9-15)21(18,19)16-11-14(2,3)6-7-20-4/h8,10,16H,5-7,9,11,15H2,1-4H3. The molecule has 3 N–H and O–H groups in total. The van der Waals surface area contributed by atoms with Gasteiger partial charge in [-0.1, -0.05) is 13.8 Å². The summed E-state index contributed by atoms with van der Waals surface area (Å²) in [5, 5.41) is 0. The van der Waals surface area contributed by atoms with Crippen LogP contribution in [0.1, 0.15) is 32.9 Å². The second kappa shape index (κ2) is 7.40. The summed E-state index contributed by atoms with van der Waals surface area (Å²) in [5.41, 5.74) is 6.29. The Labute approximate surface area is 127 Å². The molecule has 0 amide bonds. The second-order valence-corrected chi connectivity index (χ2v) is 7.66. The SMILES string of the molecule is CCn1cc(S(=O)(=O)NCC(C)(C)CCOC)cc1CN. The molecule has 0 bridgehead atoms. The molecule has 21 heavy (non-hydrogen) atoms. The summed E-state index contributed by atoms with van der Waals surface area (Å²) in [6.45, 7) is 7.97. The van der Waals surface area contributed by atoms with Gasteiger partial charge in [0.25, 0.3) is 0 Å². The van der Waals surface area contributed by atoms with Gasteiger partial charge in [0.2, 0.25) is 10.0 Å². The van der Waals surface area contributed by atoms with E-state index in [0.717, 1.165) is 12.1 Å². The van der Waals surface area contributed by atoms with Gasteiger partial charge >= 0.3 is 0 Å². The monoisotopic (exact) mass is 317 g/mol. The number of hydrogen-bond acceptors (Lipinski definition) is 4. The van der Waals surface area contributed by atoms with E-state index in [1.807, 2.05) is 25.3 Å². The fraction of sp³-hybridized carbons (Fsp3) is 0.714. The number of nitrogens with one attached hydrogen (secondary N) is 1. The first-order valence-corrected chi connectivity index (χ1v) is 8.62. The van der Waals surface area contributed by atoms with Gasteiger partial charge < -0.3 is 15.0 Å². The van der Waals surface area contributed by atoms with Crippen molar-refractivity contribution in [3.8, 4) is 0 Å². The Hall–Kier alpha value is -0.890. The highest BCUT2D eigenvalue weighted by Gasteiger charge is 2.23. The maximum atomic E-state index is 12.4. The summed E-state index contributed by atoms with van der Waals surface area (Å²) in [5.74, 6) is 0. The van der Waals surface area contributed by atoms with E-state index in [-0.39, 0.29) is 10.3 Å². The van der Waals surface area contributed by atoms with Gasteiger partial charge in [0.15, 0.2) is 0 Å². The summed E-state index contributed by atoms with van der Waals surface area (Å²) < 4.78 is 34.3. The Morgan fingerprint density at radius 3 is 2.57 bits per heavy atom. The van der Waals surface area contributed by atoms with E-state index in [9.17, 15) is 8.42 Å². The molecule has 1 rings (SSSR count). The lowest BCUT2D eigenvalue weighted by atomic mass is 9.90. The van der Waals surface area contributed by atoms with E-state index >= 15 is 0 Å². The molecule has 1 aromatic rings. The molecule has 0 saturated carbocycles. The normalized spacial score (nSPS) is 12.8. The van der Waals surface area contributed by atoms with E-state index in [4.69, 9.17) is 10.5 Å². The van der Waals surface area contributed by atoms with Crippen molar-refractivity contribution in [3.05, 3.63) is 18.0 Å². The van der Waals surface area contributed by atoms with Crippen LogP contribution in [0.2, 0.25) is 0 Å². The molecule has 7 heteroatoms. The van der Waals surface area contributed by atoms with Crippen molar-refractivity contribution in [1.82, 2.24) is 9.29 Å². The van der Waals surface area contributed by atoms with Crippen molar-refractivity contribution in [2.75, 3.05) is 20.3 Å². The zero-order chi connectivity index (χ0) is 16.1. The quantitative estimate of drug-likeness (QED) is 0.719. The largest absolute Gasteiger partial charge is 0.385 e. The van der Waals surface area contributed by atoms with Gasteiger partial charge in [-0.05, 0) is 24.8 Å². The number of hydrogen-bond donors (Lipinski definition) is 2. The first-order valence-electron chi connectivity index (χ1n) is 7.13. The van der Waals surface area contributed by atoms with Crippen LogP contribution >= 0.6 is 0 Å². The van der Waals surface area contributed by atoms with Crippen LogP contribution in [0, 0.1) is 5.41 Å². The zero-order valence-electron chi connectivity index (χ0n) is 13.3. The molecule has 0 aliphatic carbocycles. The topological polar surface area (TPSA) is 86.3 Å². The van der Waals surface area contributed by atoms with E-state index in [0.29, 0.717) is 26.2 Å². The maximum absolute atomic E-state index is 12.4. The predicted molar refractivity (Wildman–Crippen MR) is 83.5 cm³/mol. The van der Waals surface area contributed by atoms with Crippen LogP contribution < -0.4 is 10.5 Å². The highest BCUT2D eigenvalue weighted by atomic mass is 32.2. The molecular weight excluding hydrogens is 290 g/mol. The van der Waals surface area contributed by atoms with Gasteiger partial charge in [-0.15, -0.1) is 0 Å². The molecule has 0 saturated heterocycles. The van der Waals surface area contributed by atoms with Crippen LogP contribution in [0.25, 0.3) is 0 Å². The van der Waals surface area contributed by atoms with Crippen molar-refractivity contribution in [2.45, 2.75) is 45.2 Å². The fourth-order valence-corrected chi connectivity index (χ4v) is 3.28. The number of sulfonamides is 1. The third-order valence-electron chi connectivity index (χ3n) is 3.54. The Kier molecular flexibility index (Phi) is 6.40. The lowest BCUT2D eigenvalue weighted by molar-refractivity contribution is 0.153. The molecule has 0 spiro atoms. The third kappa shape index (κ3) is 5.10. The van der Waals surface area contributed by atoms with Gasteiger partial charge in [0.1, 0.15) is 0 Å². The first kappa shape index (κ1) is 18.2. The highest BCUT2D eigenvalue weighted by Crippen LogP contribution is 2.21. The van der Waals surface area contributed by atoms with Crippen LogP contribution in [0.3, 0.4) is 0 Å². The Morgan fingerprint density at radius 1 is 1.43 bits per heavy atom. The van der Waals surface area contributed by atoms with Gasteiger partial charge in [0.05, 0.1) is 4.90 Å². The summed E-state index contributed by atoms with van der Waals surface area (Å²) in [4.78, 5) is 0.271. The van der Waals surface area contributed by atoms with Crippen molar-refractivity contribution in [3.63, 3.8) is 0 Å². The molecule has 0 atom stereocenters. The third-order valence-corrected chi connectivity index (χ3v) is 4.91. The lowest BCUT2D eigenvalue weighted by Crippen LogP contribution is -2.34. The summed E-state index contributed by atoms with van der Waals surface area (Å²) in [6.07, 6.45) is 2.42. The molecule has 1 aromatic heterocycles. The van der Waals surface area contributed by atoms with E-state index in [1.165, 1.54) is 0 Å². The molecule has 0 unspecified atom stereocenters. The fourth-order valence-electron chi connectivity index (χ4n) is 1.98. The molecule has 0 aromatic carbocycles. The molecule has 122 valence electrons. The smallest absolute Gasteiger partial charge is 0.242 e. The average molecular weight is 317 g/mol. The molecule has 6 nitrogen and oxygen atoms in total. The van der Waals surface area contributed by atoms with Crippen molar-refractivity contribution in [2.24, 2.45) is 11.1 Å².